The zero-order valence-electron chi connectivity index (χ0n) is 16.2. The molecule has 3 aromatic rings. The number of nitrogens with one attached hydrogen (secondary N) is 2. The van der Waals surface area contributed by atoms with Crippen molar-refractivity contribution in [1.82, 2.24) is 0 Å². The quantitative estimate of drug-likeness (QED) is 0.690. The fourth-order valence-corrected chi connectivity index (χ4v) is 2.80. The molecule has 0 saturated carbocycles. The molecule has 2 N–H and O–H groups in total. The standard InChI is InChI=1S/C23H21N3O3/c1-16(27)24-19-11-13-20(14-12-19)25-22(28)17-7-6-8-18(15-17)23(29)26(2)21-9-4-3-5-10-21/h3-15H,1-2H3,(H,24,27)(H,25,28). The summed E-state index contributed by atoms with van der Waals surface area (Å²) in [6.07, 6.45) is 0. The van der Waals surface area contributed by atoms with E-state index in [9.17, 15) is 14.4 Å². The van der Waals surface area contributed by atoms with E-state index in [-0.39, 0.29) is 17.7 Å². The Bertz CT molecular complexity index is 1030. The van der Waals surface area contributed by atoms with Crippen molar-refractivity contribution < 1.29 is 14.4 Å². The minimum Gasteiger partial charge on any atom is -0.326 e. The Morgan fingerprint density at radius 1 is 0.724 bits per heavy atom. The molecule has 0 aliphatic carbocycles. The maximum absolute atomic E-state index is 12.8. The zero-order chi connectivity index (χ0) is 20.8. The van der Waals surface area contributed by atoms with Crippen molar-refractivity contribution in [3.05, 3.63) is 90.0 Å². The predicted octanol–water partition coefficient (Wildman–Crippen LogP) is 4.17. The molecule has 0 unspecified atom stereocenters. The Hall–Kier alpha value is -3.93. The number of amides is 3. The van der Waals surface area contributed by atoms with Gasteiger partial charge in [-0.1, -0.05) is 24.3 Å². The first-order valence-electron chi connectivity index (χ1n) is 9.06. The van der Waals surface area contributed by atoms with Gasteiger partial charge in [0.15, 0.2) is 0 Å². The highest BCUT2D eigenvalue weighted by atomic mass is 16.2. The van der Waals surface area contributed by atoms with Gasteiger partial charge in [0.2, 0.25) is 5.91 Å². The van der Waals surface area contributed by atoms with Crippen LogP contribution in [0.4, 0.5) is 17.1 Å². The van der Waals surface area contributed by atoms with Crippen molar-refractivity contribution >= 4 is 34.8 Å². The van der Waals surface area contributed by atoms with Crippen LogP contribution in [0.5, 0.6) is 0 Å². The molecule has 0 atom stereocenters. The van der Waals surface area contributed by atoms with Crippen molar-refractivity contribution in [2.75, 3.05) is 22.6 Å². The van der Waals surface area contributed by atoms with Crippen LogP contribution in [-0.4, -0.2) is 24.8 Å². The Morgan fingerprint density at radius 3 is 1.93 bits per heavy atom. The number of benzene rings is 3. The third-order valence-corrected chi connectivity index (χ3v) is 4.28. The lowest BCUT2D eigenvalue weighted by molar-refractivity contribution is -0.114. The van der Waals surface area contributed by atoms with Crippen molar-refractivity contribution in [1.29, 1.82) is 0 Å². The maximum Gasteiger partial charge on any atom is 0.258 e. The number of para-hydroxylation sites is 1. The van der Waals surface area contributed by atoms with Gasteiger partial charge in [-0.3, -0.25) is 14.4 Å². The molecule has 0 aliphatic heterocycles. The number of carbonyl (C=O) groups is 3. The molecule has 6 heteroatoms. The summed E-state index contributed by atoms with van der Waals surface area (Å²) >= 11 is 0. The number of nitrogens with zero attached hydrogens (tertiary/aromatic N) is 1. The summed E-state index contributed by atoms with van der Waals surface area (Å²) in [5, 5.41) is 5.46. The number of hydrogen-bond donors (Lipinski definition) is 2. The van der Waals surface area contributed by atoms with E-state index in [4.69, 9.17) is 0 Å². The monoisotopic (exact) mass is 387 g/mol. The average molecular weight is 387 g/mol. The van der Waals surface area contributed by atoms with Crippen LogP contribution in [0.3, 0.4) is 0 Å². The van der Waals surface area contributed by atoms with Crippen LogP contribution in [0.2, 0.25) is 0 Å². The smallest absolute Gasteiger partial charge is 0.258 e. The fraction of sp³-hybridized carbons (Fsp3) is 0.0870. The van der Waals surface area contributed by atoms with Gasteiger partial charge in [-0.05, 0) is 54.6 Å². The lowest BCUT2D eigenvalue weighted by atomic mass is 10.1. The Kier molecular flexibility index (Phi) is 6.04. The normalized spacial score (nSPS) is 10.1. The summed E-state index contributed by atoms with van der Waals surface area (Å²) in [7, 11) is 1.70. The Morgan fingerprint density at radius 2 is 1.31 bits per heavy atom. The third-order valence-electron chi connectivity index (χ3n) is 4.28. The summed E-state index contributed by atoms with van der Waals surface area (Å²) < 4.78 is 0. The SMILES string of the molecule is CC(=O)Nc1ccc(NC(=O)c2cccc(C(=O)N(C)c3ccccc3)c2)cc1. The minimum absolute atomic E-state index is 0.163. The molecule has 0 spiro atoms. The lowest BCUT2D eigenvalue weighted by Gasteiger charge is -2.17. The van der Waals surface area contributed by atoms with Crippen LogP contribution in [0.25, 0.3) is 0 Å². The topological polar surface area (TPSA) is 78.5 Å². The van der Waals surface area contributed by atoms with Gasteiger partial charge in [0.1, 0.15) is 0 Å². The van der Waals surface area contributed by atoms with Gasteiger partial charge in [-0.25, -0.2) is 0 Å². The Labute approximate surface area is 169 Å². The van der Waals surface area contributed by atoms with Gasteiger partial charge < -0.3 is 15.5 Å². The summed E-state index contributed by atoms with van der Waals surface area (Å²) in [5.41, 5.74) is 2.80. The van der Waals surface area contributed by atoms with E-state index >= 15 is 0 Å². The number of anilines is 3. The molecular weight excluding hydrogens is 366 g/mol. The first-order valence-corrected chi connectivity index (χ1v) is 9.06. The summed E-state index contributed by atoms with van der Waals surface area (Å²) in [5.74, 6) is -0.691. The van der Waals surface area contributed by atoms with Crippen LogP contribution in [-0.2, 0) is 4.79 Å². The second kappa shape index (κ2) is 8.84. The van der Waals surface area contributed by atoms with E-state index in [1.54, 1.807) is 55.6 Å². The van der Waals surface area contributed by atoms with Crippen molar-refractivity contribution in [3.8, 4) is 0 Å². The predicted molar refractivity (Wildman–Crippen MR) is 114 cm³/mol. The van der Waals surface area contributed by atoms with Gasteiger partial charge >= 0.3 is 0 Å². The van der Waals surface area contributed by atoms with Crippen molar-refractivity contribution in [2.45, 2.75) is 6.92 Å². The van der Waals surface area contributed by atoms with E-state index in [1.807, 2.05) is 30.3 Å². The molecule has 0 bridgehead atoms. The molecular formula is C23H21N3O3. The highest BCUT2D eigenvalue weighted by Gasteiger charge is 2.15. The van der Waals surface area contributed by atoms with Gasteiger partial charge in [0.05, 0.1) is 0 Å². The molecule has 29 heavy (non-hydrogen) atoms. The largest absolute Gasteiger partial charge is 0.326 e. The van der Waals surface area contributed by atoms with Gasteiger partial charge in [-0.15, -0.1) is 0 Å². The zero-order valence-corrected chi connectivity index (χ0v) is 16.2. The van der Waals surface area contributed by atoms with E-state index in [0.717, 1.165) is 5.69 Å². The first kappa shape index (κ1) is 19.8. The van der Waals surface area contributed by atoms with Crippen LogP contribution in [0.15, 0.2) is 78.9 Å². The number of hydrogen-bond acceptors (Lipinski definition) is 3. The molecule has 3 rings (SSSR count). The van der Waals surface area contributed by atoms with Gasteiger partial charge in [0, 0.05) is 42.2 Å². The molecule has 6 nitrogen and oxygen atoms in total. The van der Waals surface area contributed by atoms with Crippen LogP contribution in [0.1, 0.15) is 27.6 Å². The molecule has 3 amide bonds. The molecule has 146 valence electrons. The average Bonchev–Trinajstić information content (AvgIpc) is 2.74. The molecule has 0 fully saturated rings. The minimum atomic E-state index is -0.325. The molecule has 0 aliphatic rings. The highest BCUT2D eigenvalue weighted by molar-refractivity contribution is 6.09. The van der Waals surface area contributed by atoms with Crippen LogP contribution >= 0.6 is 0 Å². The molecule has 0 heterocycles. The molecule has 0 radical (unpaired) electrons. The summed E-state index contributed by atoms with van der Waals surface area (Å²) in [4.78, 5) is 38.0. The number of carbonyl (C=O) groups excluding carboxylic acids is 3. The number of rotatable bonds is 5. The van der Waals surface area contributed by atoms with E-state index in [2.05, 4.69) is 10.6 Å². The van der Waals surface area contributed by atoms with E-state index in [1.165, 1.54) is 11.8 Å². The molecule has 0 saturated heterocycles. The van der Waals surface area contributed by atoms with Crippen molar-refractivity contribution in [2.24, 2.45) is 0 Å². The second-order valence-corrected chi connectivity index (χ2v) is 6.49. The van der Waals surface area contributed by atoms with Crippen LogP contribution in [0, 0.1) is 0 Å². The maximum atomic E-state index is 12.8. The van der Waals surface area contributed by atoms with Gasteiger partial charge in [-0.2, -0.15) is 0 Å². The summed E-state index contributed by atoms with van der Waals surface area (Å²) in [6, 6.07) is 22.7. The Balaban J connectivity index is 1.72. The molecule has 3 aromatic carbocycles. The molecule has 0 aromatic heterocycles. The van der Waals surface area contributed by atoms with Crippen molar-refractivity contribution in [3.63, 3.8) is 0 Å². The summed E-state index contributed by atoms with van der Waals surface area (Å²) in [6.45, 7) is 1.43. The second-order valence-electron chi connectivity index (χ2n) is 6.49. The third kappa shape index (κ3) is 5.07. The van der Waals surface area contributed by atoms with E-state index in [0.29, 0.717) is 22.5 Å². The lowest BCUT2D eigenvalue weighted by Crippen LogP contribution is -2.26. The first-order chi connectivity index (χ1) is 13.9. The van der Waals surface area contributed by atoms with E-state index < -0.39 is 0 Å². The highest BCUT2D eigenvalue weighted by Crippen LogP contribution is 2.18. The van der Waals surface area contributed by atoms with Gasteiger partial charge in [0.25, 0.3) is 11.8 Å². The fourth-order valence-electron chi connectivity index (χ4n) is 2.80. The van der Waals surface area contributed by atoms with Crippen LogP contribution < -0.4 is 15.5 Å².